The first-order chi connectivity index (χ1) is 7.85. The topological polar surface area (TPSA) is 60.5 Å². The molecule has 0 bridgehead atoms. The summed E-state index contributed by atoms with van der Waals surface area (Å²) in [5, 5.41) is 17.8. The van der Waals surface area contributed by atoms with Gasteiger partial charge in [-0.15, -0.1) is 0 Å². The Kier molecular flexibility index (Phi) is 2.63. The van der Waals surface area contributed by atoms with E-state index in [1.54, 1.807) is 30.6 Å². The molecule has 0 unspecified atom stereocenters. The van der Waals surface area contributed by atoms with E-state index in [0.29, 0.717) is 11.1 Å². The van der Waals surface area contributed by atoms with Crippen LogP contribution in [0.25, 0.3) is 11.1 Å². The van der Waals surface area contributed by atoms with Gasteiger partial charge in [-0.2, -0.15) is 10.5 Å². The Morgan fingerprint density at radius 2 is 1.94 bits per heavy atom. The Morgan fingerprint density at radius 3 is 2.56 bits per heavy atom. The minimum absolute atomic E-state index is 0.490. The van der Waals surface area contributed by atoms with E-state index in [2.05, 4.69) is 11.1 Å². The third-order valence-electron chi connectivity index (χ3n) is 2.24. The van der Waals surface area contributed by atoms with Crippen molar-refractivity contribution >= 4 is 0 Å². The molecule has 16 heavy (non-hydrogen) atoms. The summed E-state index contributed by atoms with van der Waals surface area (Å²) in [5.74, 6) is 0. The maximum absolute atomic E-state index is 9.02. The van der Waals surface area contributed by atoms with Crippen molar-refractivity contribution in [1.82, 2.24) is 4.98 Å². The first-order valence-corrected chi connectivity index (χ1v) is 4.70. The average Bonchev–Trinajstić information content (AvgIpc) is 2.39. The molecule has 0 saturated carbocycles. The first-order valence-electron chi connectivity index (χ1n) is 4.70. The lowest BCUT2D eigenvalue weighted by atomic mass is 10.00. The Morgan fingerprint density at radius 1 is 1.06 bits per heavy atom. The molecule has 0 amide bonds. The van der Waals surface area contributed by atoms with Gasteiger partial charge in [0.15, 0.2) is 0 Å². The van der Waals surface area contributed by atoms with Gasteiger partial charge in [-0.05, 0) is 18.2 Å². The molecular formula is C13H7N3. The van der Waals surface area contributed by atoms with Gasteiger partial charge in [0.25, 0.3) is 0 Å². The van der Waals surface area contributed by atoms with E-state index in [1.165, 1.54) is 0 Å². The largest absolute Gasteiger partial charge is 0.264 e. The fourth-order valence-corrected chi connectivity index (χ4v) is 1.48. The smallest absolute Gasteiger partial charge is 0.0998 e. The molecule has 0 radical (unpaired) electrons. The van der Waals surface area contributed by atoms with E-state index in [0.717, 1.165) is 11.1 Å². The van der Waals surface area contributed by atoms with Crippen LogP contribution in [0.2, 0.25) is 0 Å². The van der Waals surface area contributed by atoms with Crippen molar-refractivity contribution in [2.45, 2.75) is 0 Å². The second-order valence-corrected chi connectivity index (χ2v) is 3.23. The normalized spacial score (nSPS) is 9.12. The molecule has 0 N–H and O–H groups in total. The van der Waals surface area contributed by atoms with Crippen molar-refractivity contribution in [2.24, 2.45) is 0 Å². The molecule has 74 valence electrons. The summed E-state index contributed by atoms with van der Waals surface area (Å²) in [6.07, 6.45) is 3.38. The fourth-order valence-electron chi connectivity index (χ4n) is 1.48. The van der Waals surface area contributed by atoms with Crippen LogP contribution in [0, 0.1) is 22.7 Å². The summed E-state index contributed by atoms with van der Waals surface area (Å²) in [7, 11) is 0. The molecule has 0 aliphatic carbocycles. The van der Waals surface area contributed by atoms with Crippen LogP contribution in [0.15, 0.2) is 42.7 Å². The Hall–Kier alpha value is -2.65. The van der Waals surface area contributed by atoms with E-state index in [1.807, 2.05) is 18.2 Å². The number of nitriles is 2. The Balaban J connectivity index is 2.60. The molecule has 0 aliphatic heterocycles. The van der Waals surface area contributed by atoms with E-state index < -0.39 is 0 Å². The van der Waals surface area contributed by atoms with Gasteiger partial charge in [0.2, 0.25) is 0 Å². The van der Waals surface area contributed by atoms with Crippen LogP contribution in [0.3, 0.4) is 0 Å². The van der Waals surface area contributed by atoms with Crippen LogP contribution in [0.4, 0.5) is 0 Å². The maximum atomic E-state index is 9.02. The lowest BCUT2D eigenvalue weighted by molar-refractivity contribution is 1.32. The monoisotopic (exact) mass is 205 g/mol. The summed E-state index contributed by atoms with van der Waals surface area (Å²) in [6, 6.07) is 12.9. The van der Waals surface area contributed by atoms with Gasteiger partial charge >= 0.3 is 0 Å². The number of hydrogen-bond donors (Lipinski definition) is 0. The van der Waals surface area contributed by atoms with E-state index in [9.17, 15) is 0 Å². The lowest BCUT2D eigenvalue weighted by Gasteiger charge is -2.03. The van der Waals surface area contributed by atoms with Gasteiger partial charge in [-0.1, -0.05) is 12.1 Å². The second kappa shape index (κ2) is 4.25. The van der Waals surface area contributed by atoms with E-state index in [4.69, 9.17) is 10.5 Å². The van der Waals surface area contributed by atoms with Crippen molar-refractivity contribution in [3.8, 4) is 23.3 Å². The minimum Gasteiger partial charge on any atom is -0.264 e. The number of benzene rings is 1. The fraction of sp³-hybridized carbons (Fsp3) is 0. The van der Waals surface area contributed by atoms with Crippen LogP contribution in [-0.2, 0) is 0 Å². The van der Waals surface area contributed by atoms with Gasteiger partial charge in [0.05, 0.1) is 23.3 Å². The SMILES string of the molecule is N#Cc1ccc(-c2cccnc2)c(C#N)c1. The van der Waals surface area contributed by atoms with Crippen LogP contribution in [-0.4, -0.2) is 4.98 Å². The molecule has 2 rings (SSSR count). The summed E-state index contributed by atoms with van der Waals surface area (Å²) >= 11 is 0. The van der Waals surface area contributed by atoms with Gasteiger partial charge in [-0.25, -0.2) is 0 Å². The molecular weight excluding hydrogens is 198 g/mol. The summed E-state index contributed by atoms with van der Waals surface area (Å²) < 4.78 is 0. The Labute approximate surface area is 93.2 Å². The molecule has 1 aromatic heterocycles. The summed E-state index contributed by atoms with van der Waals surface area (Å²) in [5.41, 5.74) is 2.66. The number of rotatable bonds is 1. The van der Waals surface area contributed by atoms with Crippen molar-refractivity contribution in [3.05, 3.63) is 53.9 Å². The quantitative estimate of drug-likeness (QED) is 0.718. The lowest BCUT2D eigenvalue weighted by Crippen LogP contribution is -1.86. The molecule has 0 aliphatic rings. The molecule has 1 aromatic carbocycles. The van der Waals surface area contributed by atoms with Gasteiger partial charge in [0, 0.05) is 23.5 Å². The van der Waals surface area contributed by atoms with Gasteiger partial charge < -0.3 is 0 Å². The molecule has 0 atom stereocenters. The maximum Gasteiger partial charge on any atom is 0.0998 e. The number of aromatic nitrogens is 1. The van der Waals surface area contributed by atoms with Crippen LogP contribution in [0.5, 0.6) is 0 Å². The molecule has 1 heterocycles. The van der Waals surface area contributed by atoms with Crippen LogP contribution in [0.1, 0.15) is 11.1 Å². The number of nitrogens with zero attached hydrogens (tertiary/aromatic N) is 3. The number of hydrogen-bond acceptors (Lipinski definition) is 3. The molecule has 2 aromatic rings. The standard InChI is InChI=1S/C13H7N3/c14-7-10-3-4-13(12(6-10)8-15)11-2-1-5-16-9-11/h1-6,9H. The van der Waals surface area contributed by atoms with Crippen LogP contribution < -0.4 is 0 Å². The molecule has 0 fully saturated rings. The van der Waals surface area contributed by atoms with Crippen molar-refractivity contribution in [3.63, 3.8) is 0 Å². The zero-order valence-electron chi connectivity index (χ0n) is 8.38. The molecule has 0 spiro atoms. The first kappa shape index (κ1) is 9.89. The highest BCUT2D eigenvalue weighted by molar-refractivity contribution is 5.70. The third-order valence-corrected chi connectivity index (χ3v) is 2.24. The zero-order chi connectivity index (χ0) is 11.4. The van der Waals surface area contributed by atoms with Gasteiger partial charge in [-0.3, -0.25) is 4.98 Å². The minimum atomic E-state index is 0.490. The summed E-state index contributed by atoms with van der Waals surface area (Å²) in [6.45, 7) is 0. The predicted octanol–water partition coefficient (Wildman–Crippen LogP) is 2.49. The molecule has 3 nitrogen and oxygen atoms in total. The van der Waals surface area contributed by atoms with E-state index in [-0.39, 0.29) is 0 Å². The summed E-state index contributed by atoms with van der Waals surface area (Å²) in [4.78, 5) is 4.00. The van der Waals surface area contributed by atoms with Gasteiger partial charge in [0.1, 0.15) is 0 Å². The highest BCUT2D eigenvalue weighted by Gasteiger charge is 2.05. The number of pyridine rings is 1. The zero-order valence-corrected chi connectivity index (χ0v) is 8.38. The molecule has 3 heteroatoms. The highest BCUT2D eigenvalue weighted by atomic mass is 14.6. The predicted molar refractivity (Wildman–Crippen MR) is 59.1 cm³/mol. The van der Waals surface area contributed by atoms with Crippen molar-refractivity contribution in [1.29, 1.82) is 10.5 Å². The second-order valence-electron chi connectivity index (χ2n) is 3.23. The Bertz CT molecular complexity index is 589. The third kappa shape index (κ3) is 1.75. The van der Waals surface area contributed by atoms with Crippen molar-refractivity contribution < 1.29 is 0 Å². The average molecular weight is 205 g/mol. The van der Waals surface area contributed by atoms with Crippen LogP contribution >= 0.6 is 0 Å². The molecule has 0 saturated heterocycles. The highest BCUT2D eigenvalue weighted by Crippen LogP contribution is 2.23. The van der Waals surface area contributed by atoms with Crippen molar-refractivity contribution in [2.75, 3.05) is 0 Å². The van der Waals surface area contributed by atoms with E-state index >= 15 is 0 Å².